The van der Waals surface area contributed by atoms with E-state index in [2.05, 4.69) is 39.2 Å². The van der Waals surface area contributed by atoms with Crippen LogP contribution in [0.5, 0.6) is 5.75 Å². The van der Waals surface area contributed by atoms with Gasteiger partial charge in [-0.3, -0.25) is 4.79 Å². The Bertz CT molecular complexity index is 657. The summed E-state index contributed by atoms with van der Waals surface area (Å²) >= 11 is 1.69. The maximum absolute atomic E-state index is 12.1. The molecule has 1 aliphatic heterocycles. The van der Waals surface area contributed by atoms with Crippen molar-refractivity contribution in [3.05, 3.63) is 52.2 Å². The van der Waals surface area contributed by atoms with Gasteiger partial charge in [-0.2, -0.15) is 11.3 Å². The highest BCUT2D eigenvalue weighted by Crippen LogP contribution is 2.24. The van der Waals surface area contributed by atoms with E-state index in [0.29, 0.717) is 18.4 Å². The molecule has 2 aromatic rings. The lowest BCUT2D eigenvalue weighted by atomic mass is 10.1. The first kappa shape index (κ1) is 17.0. The average Bonchev–Trinajstić information content (AvgIpc) is 3.24. The number of hydrogen-bond donors (Lipinski definition) is 1. The van der Waals surface area contributed by atoms with Crippen molar-refractivity contribution in [2.45, 2.75) is 38.4 Å². The summed E-state index contributed by atoms with van der Waals surface area (Å²) in [5.74, 6) is 1.18. The molecule has 0 radical (unpaired) electrons. The second-order valence-corrected chi connectivity index (χ2v) is 6.94. The summed E-state index contributed by atoms with van der Waals surface area (Å²) in [6.45, 7) is 2.49. The normalized spacial score (nSPS) is 17.5. The van der Waals surface area contributed by atoms with Gasteiger partial charge in [0.25, 0.3) is 0 Å². The predicted molar refractivity (Wildman–Crippen MR) is 97.2 cm³/mol. The maximum atomic E-state index is 12.1. The number of benzene rings is 1. The molecule has 1 aromatic heterocycles. The highest BCUT2D eigenvalue weighted by atomic mass is 32.1. The van der Waals surface area contributed by atoms with Crippen molar-refractivity contribution >= 4 is 17.2 Å². The summed E-state index contributed by atoms with van der Waals surface area (Å²) in [4.78, 5) is 14.2. The molecule has 1 unspecified atom stereocenters. The molecule has 128 valence electrons. The minimum Gasteiger partial charge on any atom is -0.497 e. The summed E-state index contributed by atoms with van der Waals surface area (Å²) in [5, 5.41) is 7.68. The van der Waals surface area contributed by atoms with E-state index in [1.807, 2.05) is 12.1 Å². The third-order valence-corrected chi connectivity index (χ3v) is 5.24. The van der Waals surface area contributed by atoms with Crippen molar-refractivity contribution in [2.75, 3.05) is 13.7 Å². The van der Waals surface area contributed by atoms with Crippen LogP contribution in [0.2, 0.25) is 0 Å². The molecule has 1 aliphatic rings. The quantitative estimate of drug-likeness (QED) is 0.746. The lowest BCUT2D eigenvalue weighted by molar-refractivity contribution is -0.129. The van der Waals surface area contributed by atoms with Gasteiger partial charge < -0.3 is 15.0 Å². The van der Waals surface area contributed by atoms with E-state index in [1.165, 1.54) is 11.1 Å². The van der Waals surface area contributed by atoms with Crippen LogP contribution in [-0.4, -0.2) is 30.5 Å². The van der Waals surface area contributed by atoms with Crippen LogP contribution in [0.25, 0.3) is 0 Å². The molecule has 0 bridgehead atoms. The molecular formula is C19H24N2O2S. The molecule has 1 fully saturated rings. The number of nitrogens with zero attached hydrogens (tertiary/aromatic N) is 1. The molecule has 5 heteroatoms. The average molecular weight is 344 g/mol. The number of ether oxygens (including phenoxy) is 1. The van der Waals surface area contributed by atoms with Crippen molar-refractivity contribution in [1.82, 2.24) is 10.2 Å². The van der Waals surface area contributed by atoms with Gasteiger partial charge in [0.15, 0.2) is 0 Å². The molecule has 3 rings (SSSR count). The van der Waals surface area contributed by atoms with Crippen LogP contribution < -0.4 is 10.1 Å². The summed E-state index contributed by atoms with van der Waals surface area (Å²) in [6, 6.07) is 10.6. The molecule has 1 saturated heterocycles. The fourth-order valence-electron chi connectivity index (χ4n) is 3.17. The predicted octanol–water partition coefficient (Wildman–Crippen LogP) is 3.43. The minimum absolute atomic E-state index is 0.291. The molecule has 1 aromatic carbocycles. The number of methoxy groups -OCH3 is 1. The van der Waals surface area contributed by atoms with Crippen LogP contribution in [0.1, 0.15) is 30.4 Å². The largest absolute Gasteiger partial charge is 0.497 e. The van der Waals surface area contributed by atoms with Gasteiger partial charge in [-0.05, 0) is 59.5 Å². The Morgan fingerprint density at radius 2 is 2.25 bits per heavy atom. The molecule has 1 atom stereocenters. The first-order valence-electron chi connectivity index (χ1n) is 8.40. The molecule has 4 nitrogen and oxygen atoms in total. The monoisotopic (exact) mass is 344 g/mol. The second kappa shape index (κ2) is 8.31. The Kier molecular flexibility index (Phi) is 5.88. The van der Waals surface area contributed by atoms with E-state index in [1.54, 1.807) is 18.4 Å². The van der Waals surface area contributed by atoms with Crippen LogP contribution in [0.3, 0.4) is 0 Å². The van der Waals surface area contributed by atoms with Gasteiger partial charge in [0.05, 0.1) is 7.11 Å². The molecular weight excluding hydrogens is 320 g/mol. The number of nitrogens with one attached hydrogen (secondary N) is 1. The van der Waals surface area contributed by atoms with Gasteiger partial charge in [-0.1, -0.05) is 12.1 Å². The molecule has 2 heterocycles. The summed E-state index contributed by atoms with van der Waals surface area (Å²) in [6.07, 6.45) is 2.66. The van der Waals surface area contributed by atoms with Gasteiger partial charge >= 0.3 is 0 Å². The Hall–Kier alpha value is -1.85. The zero-order valence-corrected chi connectivity index (χ0v) is 14.8. The lowest BCUT2D eigenvalue weighted by Gasteiger charge is -2.24. The number of rotatable bonds is 8. The zero-order valence-electron chi connectivity index (χ0n) is 14.0. The van der Waals surface area contributed by atoms with Gasteiger partial charge in [0, 0.05) is 25.6 Å². The van der Waals surface area contributed by atoms with Crippen molar-refractivity contribution < 1.29 is 9.53 Å². The van der Waals surface area contributed by atoms with E-state index in [4.69, 9.17) is 4.74 Å². The number of amides is 1. The van der Waals surface area contributed by atoms with E-state index < -0.39 is 0 Å². The Morgan fingerprint density at radius 3 is 3.04 bits per heavy atom. The van der Waals surface area contributed by atoms with Crippen LogP contribution in [0.4, 0.5) is 0 Å². The zero-order chi connectivity index (χ0) is 16.8. The summed E-state index contributed by atoms with van der Waals surface area (Å²) < 4.78 is 5.25. The molecule has 1 amide bonds. The van der Waals surface area contributed by atoms with Crippen molar-refractivity contribution in [3.8, 4) is 5.75 Å². The number of carbonyl (C=O) groups excluding carboxylic acids is 1. The third kappa shape index (κ3) is 4.36. The standard InChI is InChI=1S/C19H24N2O2S/c1-23-18-4-2-3-15(11-18)12-20-9-7-17-5-6-19(22)21(17)13-16-8-10-24-14-16/h2-4,8,10-11,14,17,20H,5-7,9,12-13H2,1H3. The second-order valence-electron chi connectivity index (χ2n) is 6.16. The molecule has 0 saturated carbocycles. The van der Waals surface area contributed by atoms with Crippen molar-refractivity contribution in [3.63, 3.8) is 0 Å². The van der Waals surface area contributed by atoms with Crippen LogP contribution >= 0.6 is 11.3 Å². The molecule has 24 heavy (non-hydrogen) atoms. The first-order valence-corrected chi connectivity index (χ1v) is 9.35. The smallest absolute Gasteiger partial charge is 0.223 e. The Labute approximate surface area is 147 Å². The number of likely N-dealkylation sites (tertiary alicyclic amines) is 1. The topological polar surface area (TPSA) is 41.6 Å². The molecule has 0 spiro atoms. The van der Waals surface area contributed by atoms with Gasteiger partial charge in [0.1, 0.15) is 5.75 Å². The molecule has 1 N–H and O–H groups in total. The third-order valence-electron chi connectivity index (χ3n) is 4.50. The Balaban J connectivity index is 1.45. The van der Waals surface area contributed by atoms with E-state index in [-0.39, 0.29) is 0 Å². The highest BCUT2D eigenvalue weighted by molar-refractivity contribution is 7.07. The van der Waals surface area contributed by atoms with Crippen LogP contribution in [-0.2, 0) is 17.9 Å². The number of thiophene rings is 1. The first-order chi connectivity index (χ1) is 11.8. The van der Waals surface area contributed by atoms with Gasteiger partial charge in [0.2, 0.25) is 5.91 Å². The maximum Gasteiger partial charge on any atom is 0.223 e. The van der Waals surface area contributed by atoms with Crippen molar-refractivity contribution in [1.29, 1.82) is 0 Å². The summed E-state index contributed by atoms with van der Waals surface area (Å²) in [5.41, 5.74) is 2.46. The van der Waals surface area contributed by atoms with Gasteiger partial charge in [-0.25, -0.2) is 0 Å². The summed E-state index contributed by atoms with van der Waals surface area (Å²) in [7, 11) is 1.69. The van der Waals surface area contributed by atoms with Crippen LogP contribution in [0.15, 0.2) is 41.1 Å². The van der Waals surface area contributed by atoms with E-state index in [0.717, 1.165) is 38.2 Å². The van der Waals surface area contributed by atoms with Gasteiger partial charge in [-0.15, -0.1) is 0 Å². The number of carbonyl (C=O) groups is 1. The van der Waals surface area contributed by atoms with E-state index in [9.17, 15) is 4.79 Å². The fraction of sp³-hybridized carbons (Fsp3) is 0.421. The van der Waals surface area contributed by atoms with E-state index >= 15 is 0 Å². The van der Waals surface area contributed by atoms with Crippen LogP contribution in [0, 0.1) is 0 Å². The van der Waals surface area contributed by atoms with Crippen molar-refractivity contribution in [2.24, 2.45) is 0 Å². The lowest BCUT2D eigenvalue weighted by Crippen LogP contribution is -2.34. The minimum atomic E-state index is 0.291. The SMILES string of the molecule is COc1cccc(CNCCC2CCC(=O)N2Cc2ccsc2)c1. The molecule has 0 aliphatic carbocycles. The fourth-order valence-corrected chi connectivity index (χ4v) is 3.83. The highest BCUT2D eigenvalue weighted by Gasteiger charge is 2.30. The Morgan fingerprint density at radius 1 is 1.33 bits per heavy atom. The number of hydrogen-bond acceptors (Lipinski definition) is 4.